The van der Waals surface area contributed by atoms with E-state index < -0.39 is 0 Å². The summed E-state index contributed by atoms with van der Waals surface area (Å²) < 4.78 is 1.46. The van der Waals surface area contributed by atoms with Crippen molar-refractivity contribution in [2.24, 2.45) is 0 Å². The predicted molar refractivity (Wildman–Crippen MR) is 144 cm³/mol. The van der Waals surface area contributed by atoms with Crippen LogP contribution in [0, 0.1) is 0 Å². The molecule has 2 N–H and O–H groups in total. The molecule has 0 radical (unpaired) electrons. The van der Waals surface area contributed by atoms with Gasteiger partial charge in [0.1, 0.15) is 0 Å². The number of nitrogens with one attached hydrogen (secondary N) is 2. The van der Waals surface area contributed by atoms with E-state index in [9.17, 15) is 0 Å². The molecule has 0 amide bonds. The van der Waals surface area contributed by atoms with Crippen molar-refractivity contribution in [1.29, 1.82) is 0 Å². The van der Waals surface area contributed by atoms with Crippen LogP contribution in [-0.4, -0.2) is 19.9 Å². The van der Waals surface area contributed by atoms with Crippen LogP contribution >= 0.6 is 0 Å². The molecular weight excluding hydrogens is 482 g/mol. The van der Waals surface area contributed by atoms with E-state index in [2.05, 4.69) is 89.2 Å². The summed E-state index contributed by atoms with van der Waals surface area (Å²) in [6, 6.07) is 25.3. The SMILES string of the molecule is C1=Cc2cc3ccc(cc4nc(cc5ccc(cc1n2)[nH]5)C=C4)[nH]3.CC(C)(C)c1cc[c]([Zn])cc1. The van der Waals surface area contributed by atoms with Gasteiger partial charge in [0.2, 0.25) is 0 Å². The molecule has 6 rings (SSSR count). The molecule has 8 bridgehead atoms. The number of nitrogens with zero attached hydrogens (tertiary/aromatic N) is 2. The van der Waals surface area contributed by atoms with Crippen LogP contribution < -0.4 is 4.16 Å². The molecule has 2 aliphatic heterocycles. The first-order valence-corrected chi connectivity index (χ1v) is 13.3. The van der Waals surface area contributed by atoms with E-state index in [1.165, 1.54) is 28.0 Å². The number of benzene rings is 1. The van der Waals surface area contributed by atoms with E-state index in [1.54, 1.807) is 0 Å². The van der Waals surface area contributed by atoms with Crippen molar-refractivity contribution in [3.8, 4) is 0 Å². The Kier molecular flexibility index (Phi) is 6.36. The summed E-state index contributed by atoms with van der Waals surface area (Å²) in [6.45, 7) is 6.73. The van der Waals surface area contributed by atoms with Crippen LogP contribution in [-0.2, 0) is 23.7 Å². The molecule has 0 spiro atoms. The second kappa shape index (κ2) is 9.60. The fraction of sp³-hybridized carbons (Fsp3) is 0.133. The zero-order chi connectivity index (χ0) is 24.4. The molecular formula is C30H27N4Zn. The van der Waals surface area contributed by atoms with Crippen LogP contribution in [0.5, 0.6) is 0 Å². The Morgan fingerprint density at radius 1 is 0.543 bits per heavy atom. The number of hydrogen-bond acceptors (Lipinski definition) is 2. The Morgan fingerprint density at radius 2 is 0.886 bits per heavy atom. The van der Waals surface area contributed by atoms with Gasteiger partial charge >= 0.3 is 78.5 Å². The average Bonchev–Trinajstić information content (AvgIpc) is 3.60. The third-order valence-corrected chi connectivity index (χ3v) is 6.85. The van der Waals surface area contributed by atoms with Crippen molar-refractivity contribution >= 4 is 50.5 Å². The Balaban J connectivity index is 0.000000195. The first kappa shape index (κ1) is 23.2. The van der Waals surface area contributed by atoms with Gasteiger partial charge in [0.15, 0.2) is 0 Å². The normalized spacial score (nSPS) is 12.4. The molecule has 4 aromatic rings. The summed E-state index contributed by atoms with van der Waals surface area (Å²) in [7, 11) is 0. The molecule has 5 heterocycles. The van der Waals surface area contributed by atoms with E-state index >= 15 is 0 Å². The van der Waals surface area contributed by atoms with E-state index in [4.69, 9.17) is 0 Å². The van der Waals surface area contributed by atoms with Crippen molar-refractivity contribution in [1.82, 2.24) is 19.9 Å². The van der Waals surface area contributed by atoms with Gasteiger partial charge in [-0.3, -0.25) is 0 Å². The summed E-state index contributed by atoms with van der Waals surface area (Å²) in [4.78, 5) is 16.0. The van der Waals surface area contributed by atoms with Gasteiger partial charge in [0.25, 0.3) is 0 Å². The van der Waals surface area contributed by atoms with Gasteiger partial charge < -0.3 is 9.97 Å². The minimum absolute atomic E-state index is 0.299. The number of hydrogen-bond donors (Lipinski definition) is 2. The molecule has 5 heteroatoms. The maximum atomic E-state index is 4.63. The molecule has 35 heavy (non-hydrogen) atoms. The Bertz CT molecular complexity index is 1400. The van der Waals surface area contributed by atoms with Gasteiger partial charge in [-0.1, -0.05) is 0 Å². The van der Waals surface area contributed by atoms with Gasteiger partial charge in [-0.25, -0.2) is 9.97 Å². The molecule has 0 atom stereocenters. The van der Waals surface area contributed by atoms with Crippen molar-refractivity contribution in [2.45, 2.75) is 26.2 Å². The zero-order valence-corrected chi connectivity index (χ0v) is 23.3. The molecule has 0 fully saturated rings. The molecule has 0 unspecified atom stereocenters. The number of H-pyrrole nitrogens is 2. The molecule has 0 aliphatic carbocycles. The quantitative estimate of drug-likeness (QED) is 0.221. The van der Waals surface area contributed by atoms with Crippen LogP contribution in [0.15, 0.2) is 72.8 Å². The van der Waals surface area contributed by atoms with Crippen LogP contribution in [0.1, 0.15) is 49.1 Å². The number of fused-ring (bicyclic) bond motifs is 8. The van der Waals surface area contributed by atoms with Gasteiger partial charge in [0.05, 0.1) is 22.8 Å². The van der Waals surface area contributed by atoms with Gasteiger partial charge in [0, 0.05) is 22.1 Å². The number of aromatic amines is 2. The second-order valence-electron chi connectivity index (χ2n) is 9.85. The third kappa shape index (κ3) is 5.93. The van der Waals surface area contributed by atoms with E-state index in [1.807, 2.05) is 48.6 Å². The molecule has 2 aliphatic rings. The standard InChI is InChI=1S/C20H14N4.C10H13.Zn/c1-2-14-10-16-5-6-18(23-16)12-20-8-7-19(24-20)11-17-4-3-15(22-17)9-13(1)21-14;1-10(2,3)9-7-5-4-6-8-9;/h1-12,21,24H;5-8H,1-3H3;. The van der Waals surface area contributed by atoms with Crippen LogP contribution in [0.3, 0.4) is 0 Å². The Hall–Kier alpha value is -3.56. The van der Waals surface area contributed by atoms with Crippen molar-refractivity contribution < 1.29 is 18.3 Å². The number of aromatic nitrogens is 4. The van der Waals surface area contributed by atoms with Crippen LogP contribution in [0.4, 0.5) is 0 Å². The first-order valence-electron chi connectivity index (χ1n) is 11.8. The summed E-state index contributed by atoms with van der Waals surface area (Å²) in [6.07, 6.45) is 8.09. The monoisotopic (exact) mass is 507 g/mol. The summed E-state index contributed by atoms with van der Waals surface area (Å²) in [5, 5.41) is 0. The van der Waals surface area contributed by atoms with Gasteiger partial charge in [-0.05, 0) is 72.8 Å². The van der Waals surface area contributed by atoms with Gasteiger partial charge in [-0.2, -0.15) is 0 Å². The van der Waals surface area contributed by atoms with Crippen molar-refractivity contribution in [3.05, 3.63) is 101 Å². The summed E-state index contributed by atoms with van der Waals surface area (Å²) in [5.74, 6) is 0. The summed E-state index contributed by atoms with van der Waals surface area (Å²) in [5.41, 5.74) is 9.59. The predicted octanol–water partition coefficient (Wildman–Crippen LogP) is 6.81. The Labute approximate surface area is 215 Å². The molecule has 3 aromatic heterocycles. The summed E-state index contributed by atoms with van der Waals surface area (Å²) >= 11 is 1.25. The van der Waals surface area contributed by atoms with Crippen molar-refractivity contribution in [2.75, 3.05) is 0 Å². The molecule has 0 saturated heterocycles. The second-order valence-corrected chi connectivity index (χ2v) is 11.6. The Morgan fingerprint density at radius 3 is 1.20 bits per heavy atom. The first-order chi connectivity index (χ1) is 16.8. The molecule has 4 nitrogen and oxygen atoms in total. The molecule has 169 valence electrons. The fourth-order valence-corrected chi connectivity index (χ4v) is 4.44. The fourth-order valence-electron chi connectivity index (χ4n) is 3.95. The molecule has 1 aromatic carbocycles. The zero-order valence-electron chi connectivity index (χ0n) is 20.3. The molecule has 0 saturated carbocycles. The van der Waals surface area contributed by atoms with Gasteiger partial charge in [-0.15, -0.1) is 0 Å². The van der Waals surface area contributed by atoms with E-state index in [-0.39, 0.29) is 0 Å². The number of rotatable bonds is 0. The topological polar surface area (TPSA) is 57.4 Å². The van der Waals surface area contributed by atoms with E-state index in [0.717, 1.165) is 44.8 Å². The average molecular weight is 509 g/mol. The van der Waals surface area contributed by atoms with Crippen LogP contribution in [0.2, 0.25) is 0 Å². The van der Waals surface area contributed by atoms with Crippen molar-refractivity contribution in [3.63, 3.8) is 0 Å². The maximum absolute atomic E-state index is 4.63. The third-order valence-electron chi connectivity index (χ3n) is 5.86. The van der Waals surface area contributed by atoms with E-state index in [0.29, 0.717) is 5.41 Å². The van der Waals surface area contributed by atoms with Crippen LogP contribution in [0.25, 0.3) is 46.4 Å². The minimum atomic E-state index is 0.299.